The van der Waals surface area contributed by atoms with Gasteiger partial charge in [0.1, 0.15) is 5.75 Å². The lowest BCUT2D eigenvalue weighted by molar-refractivity contribution is -0.111. The highest BCUT2D eigenvalue weighted by Crippen LogP contribution is 2.40. The molecule has 0 unspecified atom stereocenters. The number of likely N-dealkylation sites (N-methyl/N-ethyl adjacent to an activating group) is 2. The summed E-state index contributed by atoms with van der Waals surface area (Å²) in [5, 5.41) is 7.47. The number of benzene rings is 2. The molecule has 2 aromatic carbocycles. The van der Waals surface area contributed by atoms with Gasteiger partial charge in [-0.3, -0.25) is 4.79 Å². The van der Waals surface area contributed by atoms with Crippen LogP contribution in [0.15, 0.2) is 61.3 Å². The maximum absolute atomic E-state index is 12.3. The number of hydrogen-bond donors (Lipinski definition) is 2. The summed E-state index contributed by atoms with van der Waals surface area (Å²) < 4.78 is 8.16. The number of fused-ring (bicyclic) bond motifs is 3. The standard InChI is InChI=1S/C30H35N7O2/c1-6-28(38)32-22-18-23(27(39-5)19-26(22)36(4)17-16-35(2)3)34-30-31-14-13-21(33-30)29-20-10-7-8-11-24(20)37-15-9-12-25(29)37/h6-8,10-11,13-14,18-19H,1,9,12,15-17H2,2-5H3,(H,32,38)(H,31,33,34). The summed E-state index contributed by atoms with van der Waals surface area (Å²) in [5.74, 6) is 0.770. The second-order valence-electron chi connectivity index (χ2n) is 9.97. The molecule has 5 rings (SSSR count). The first-order valence-electron chi connectivity index (χ1n) is 13.1. The van der Waals surface area contributed by atoms with Crippen LogP contribution >= 0.6 is 0 Å². The molecule has 0 bridgehead atoms. The molecule has 1 aliphatic rings. The lowest BCUT2D eigenvalue weighted by atomic mass is 10.1. The lowest BCUT2D eigenvalue weighted by Crippen LogP contribution is -2.29. The number of rotatable bonds is 10. The molecule has 0 fully saturated rings. The van der Waals surface area contributed by atoms with Gasteiger partial charge in [-0.1, -0.05) is 24.8 Å². The van der Waals surface area contributed by atoms with Crippen molar-refractivity contribution in [3.05, 3.63) is 67.0 Å². The zero-order chi connectivity index (χ0) is 27.5. The number of para-hydroxylation sites is 1. The van der Waals surface area contributed by atoms with Gasteiger partial charge >= 0.3 is 0 Å². The minimum Gasteiger partial charge on any atom is -0.494 e. The third-order valence-electron chi connectivity index (χ3n) is 7.09. The second-order valence-corrected chi connectivity index (χ2v) is 9.97. The van der Waals surface area contributed by atoms with Crippen molar-refractivity contribution in [2.75, 3.05) is 56.9 Å². The molecule has 4 aromatic rings. The van der Waals surface area contributed by atoms with Gasteiger partial charge in [-0.15, -0.1) is 0 Å². The van der Waals surface area contributed by atoms with E-state index in [-0.39, 0.29) is 5.91 Å². The Morgan fingerprint density at radius 3 is 2.74 bits per heavy atom. The SMILES string of the molecule is C=CC(=O)Nc1cc(Nc2nccc(-c3c4n(c5ccccc35)CCC4)n2)c(OC)cc1N(C)CCN(C)C. The van der Waals surface area contributed by atoms with Gasteiger partial charge in [0.2, 0.25) is 11.9 Å². The number of carbonyl (C=O) groups excluding carboxylic acids is 1. The third kappa shape index (κ3) is 5.31. The maximum Gasteiger partial charge on any atom is 0.247 e. The molecule has 2 N–H and O–H groups in total. The van der Waals surface area contributed by atoms with E-state index in [2.05, 4.69) is 60.8 Å². The summed E-state index contributed by atoms with van der Waals surface area (Å²) in [6.07, 6.45) is 5.19. The number of aromatic nitrogens is 3. The first-order valence-corrected chi connectivity index (χ1v) is 13.1. The molecule has 2 aromatic heterocycles. The number of nitrogens with one attached hydrogen (secondary N) is 2. The van der Waals surface area contributed by atoms with E-state index >= 15 is 0 Å². The van der Waals surface area contributed by atoms with Gasteiger partial charge in [-0.2, -0.15) is 0 Å². The average molecular weight is 526 g/mol. The fourth-order valence-corrected chi connectivity index (χ4v) is 5.15. The van der Waals surface area contributed by atoms with Crippen LogP contribution in [0.5, 0.6) is 5.75 Å². The minimum atomic E-state index is -0.291. The number of nitrogens with zero attached hydrogens (tertiary/aromatic N) is 5. The molecule has 9 nitrogen and oxygen atoms in total. The van der Waals surface area contributed by atoms with Crippen LogP contribution in [0.2, 0.25) is 0 Å². The Labute approximate surface area is 229 Å². The van der Waals surface area contributed by atoms with E-state index in [1.807, 2.05) is 39.3 Å². The number of aryl methyl sites for hydroxylation is 1. The maximum atomic E-state index is 12.3. The summed E-state index contributed by atoms with van der Waals surface area (Å²) in [6, 6.07) is 14.2. The molecule has 0 radical (unpaired) electrons. The van der Waals surface area contributed by atoms with Crippen molar-refractivity contribution in [3.8, 4) is 17.0 Å². The fourth-order valence-electron chi connectivity index (χ4n) is 5.15. The predicted octanol–water partition coefficient (Wildman–Crippen LogP) is 4.92. The van der Waals surface area contributed by atoms with E-state index in [0.717, 1.165) is 49.4 Å². The summed E-state index contributed by atoms with van der Waals surface area (Å²) in [4.78, 5) is 25.9. The molecule has 9 heteroatoms. The molecule has 0 saturated carbocycles. The van der Waals surface area contributed by atoms with Crippen LogP contribution in [0.1, 0.15) is 12.1 Å². The number of carbonyl (C=O) groups is 1. The largest absolute Gasteiger partial charge is 0.494 e. The van der Waals surface area contributed by atoms with Crippen molar-refractivity contribution in [3.63, 3.8) is 0 Å². The molecule has 39 heavy (non-hydrogen) atoms. The highest BCUT2D eigenvalue weighted by atomic mass is 16.5. The van der Waals surface area contributed by atoms with E-state index in [0.29, 0.717) is 23.1 Å². The molecule has 0 atom stereocenters. The first-order chi connectivity index (χ1) is 18.9. The van der Waals surface area contributed by atoms with Crippen LogP contribution in [-0.4, -0.2) is 66.7 Å². The van der Waals surface area contributed by atoms with Crippen molar-refractivity contribution < 1.29 is 9.53 Å². The molecule has 0 spiro atoms. The van der Waals surface area contributed by atoms with E-state index in [1.54, 1.807) is 13.3 Å². The number of ether oxygens (including phenoxy) is 1. The molecular weight excluding hydrogens is 490 g/mol. The quantitative estimate of drug-likeness (QED) is 0.284. The van der Waals surface area contributed by atoms with Crippen LogP contribution in [0, 0.1) is 0 Å². The van der Waals surface area contributed by atoms with Gasteiger partial charge in [-0.05, 0) is 51.2 Å². The van der Waals surface area contributed by atoms with Crippen molar-refractivity contribution in [2.24, 2.45) is 0 Å². The van der Waals surface area contributed by atoms with Gasteiger partial charge in [0.25, 0.3) is 0 Å². The van der Waals surface area contributed by atoms with E-state index < -0.39 is 0 Å². The molecule has 3 heterocycles. The number of methoxy groups -OCH3 is 1. The summed E-state index contributed by atoms with van der Waals surface area (Å²) in [7, 11) is 7.67. The van der Waals surface area contributed by atoms with Crippen LogP contribution in [-0.2, 0) is 17.8 Å². The lowest BCUT2D eigenvalue weighted by Gasteiger charge is -2.26. The predicted molar refractivity (Wildman–Crippen MR) is 158 cm³/mol. The Bertz CT molecular complexity index is 1530. The van der Waals surface area contributed by atoms with Crippen LogP contribution < -0.4 is 20.3 Å². The molecule has 1 amide bonds. The Kier molecular flexibility index (Phi) is 7.51. The number of anilines is 4. The summed E-state index contributed by atoms with van der Waals surface area (Å²) >= 11 is 0. The molecule has 0 aliphatic carbocycles. The Morgan fingerprint density at radius 2 is 1.97 bits per heavy atom. The summed E-state index contributed by atoms with van der Waals surface area (Å²) in [5.41, 5.74) is 6.71. The van der Waals surface area contributed by atoms with Crippen molar-refractivity contribution in [1.29, 1.82) is 0 Å². The van der Waals surface area contributed by atoms with Gasteiger partial charge in [0.15, 0.2) is 0 Å². The van der Waals surface area contributed by atoms with Gasteiger partial charge in [0.05, 0.1) is 29.9 Å². The van der Waals surface area contributed by atoms with E-state index in [9.17, 15) is 4.79 Å². The van der Waals surface area contributed by atoms with Gasteiger partial charge in [-0.25, -0.2) is 9.97 Å². The van der Waals surface area contributed by atoms with E-state index in [4.69, 9.17) is 9.72 Å². The third-order valence-corrected chi connectivity index (χ3v) is 7.09. The monoisotopic (exact) mass is 525 g/mol. The van der Waals surface area contributed by atoms with Crippen LogP contribution in [0.4, 0.5) is 23.0 Å². The van der Waals surface area contributed by atoms with Crippen molar-refractivity contribution in [1.82, 2.24) is 19.4 Å². The topological polar surface area (TPSA) is 87.5 Å². The molecular formula is C30H35N7O2. The number of hydrogen-bond acceptors (Lipinski definition) is 7. The van der Waals surface area contributed by atoms with Crippen LogP contribution in [0.25, 0.3) is 22.2 Å². The van der Waals surface area contributed by atoms with E-state index in [1.165, 1.54) is 22.7 Å². The molecule has 1 aliphatic heterocycles. The van der Waals surface area contributed by atoms with Crippen LogP contribution in [0.3, 0.4) is 0 Å². The second kappa shape index (κ2) is 11.2. The average Bonchev–Trinajstić information content (AvgIpc) is 3.53. The highest BCUT2D eigenvalue weighted by Gasteiger charge is 2.23. The smallest absolute Gasteiger partial charge is 0.247 e. The van der Waals surface area contributed by atoms with Crippen molar-refractivity contribution in [2.45, 2.75) is 19.4 Å². The molecule has 0 saturated heterocycles. The zero-order valence-corrected chi connectivity index (χ0v) is 23.0. The fraction of sp³-hybridized carbons (Fsp3) is 0.300. The zero-order valence-electron chi connectivity index (χ0n) is 23.0. The van der Waals surface area contributed by atoms with Gasteiger partial charge < -0.3 is 29.7 Å². The Balaban J connectivity index is 1.52. The Hall–Kier alpha value is -4.37. The highest BCUT2D eigenvalue weighted by molar-refractivity contribution is 6.02. The first kappa shape index (κ1) is 26.2. The minimum absolute atomic E-state index is 0.291. The number of amides is 1. The normalized spacial score (nSPS) is 12.4. The Morgan fingerprint density at radius 1 is 1.15 bits per heavy atom. The molecule has 202 valence electrons. The van der Waals surface area contributed by atoms with Crippen molar-refractivity contribution >= 4 is 39.8 Å². The summed E-state index contributed by atoms with van der Waals surface area (Å²) in [6.45, 7) is 6.24. The van der Waals surface area contributed by atoms with Gasteiger partial charge in [0, 0.05) is 61.1 Å².